The summed E-state index contributed by atoms with van der Waals surface area (Å²) < 4.78 is 33.9. The summed E-state index contributed by atoms with van der Waals surface area (Å²) in [4.78, 5) is 13.1. The van der Waals surface area contributed by atoms with Gasteiger partial charge >= 0.3 is 0 Å². The molecule has 166 valence electrons. The number of carbonyl (C=O) groups excluding carboxylic acids is 1. The maximum atomic E-state index is 13.4. The van der Waals surface area contributed by atoms with E-state index in [0.29, 0.717) is 16.5 Å². The minimum atomic E-state index is -3.93. The number of halogens is 1. The van der Waals surface area contributed by atoms with E-state index in [1.54, 1.807) is 24.3 Å². The topological polar surface area (TPSA) is 75.7 Å². The number of benzene rings is 3. The fraction of sp³-hybridized carbons (Fsp3) is 0.208. The first-order chi connectivity index (χ1) is 15.3. The molecule has 0 fully saturated rings. The third-order valence-electron chi connectivity index (χ3n) is 5.37. The van der Waals surface area contributed by atoms with Crippen molar-refractivity contribution in [3.63, 3.8) is 0 Å². The Hall–Kier alpha value is -3.03. The zero-order valence-corrected chi connectivity index (χ0v) is 19.2. The number of nitrogens with zero attached hydrogens (tertiary/aromatic N) is 1. The van der Waals surface area contributed by atoms with Crippen molar-refractivity contribution in [3.8, 4) is 5.75 Å². The molecule has 0 radical (unpaired) electrons. The summed E-state index contributed by atoms with van der Waals surface area (Å²) in [5, 5.41) is 3.37. The lowest BCUT2D eigenvalue weighted by Gasteiger charge is -2.35. The molecule has 3 aromatic rings. The molecule has 0 bridgehead atoms. The van der Waals surface area contributed by atoms with Crippen LogP contribution in [-0.4, -0.2) is 27.0 Å². The summed E-state index contributed by atoms with van der Waals surface area (Å²) in [7, 11) is -3.93. The second kappa shape index (κ2) is 8.84. The van der Waals surface area contributed by atoms with Gasteiger partial charge in [0, 0.05) is 5.02 Å². The highest BCUT2D eigenvalue weighted by atomic mass is 35.5. The molecule has 8 heteroatoms. The van der Waals surface area contributed by atoms with Gasteiger partial charge in [-0.15, -0.1) is 0 Å². The van der Waals surface area contributed by atoms with Crippen LogP contribution in [0, 0.1) is 6.92 Å². The molecule has 3 aromatic carbocycles. The van der Waals surface area contributed by atoms with Gasteiger partial charge in [-0.2, -0.15) is 0 Å². The van der Waals surface area contributed by atoms with Crippen molar-refractivity contribution in [2.75, 3.05) is 10.8 Å². The number of hydrogen-bond donors (Lipinski definition) is 1. The molecule has 0 aliphatic carbocycles. The summed E-state index contributed by atoms with van der Waals surface area (Å²) in [6.45, 7) is 3.73. The van der Waals surface area contributed by atoms with Crippen LogP contribution >= 0.6 is 11.6 Å². The smallest absolute Gasteiger partial charge is 0.264 e. The normalized spacial score (nSPS) is 16.6. The van der Waals surface area contributed by atoms with Crippen LogP contribution < -0.4 is 14.4 Å². The number of rotatable bonds is 5. The second-order valence-electron chi connectivity index (χ2n) is 7.71. The first-order valence-electron chi connectivity index (χ1n) is 10.2. The van der Waals surface area contributed by atoms with Crippen molar-refractivity contribution in [1.82, 2.24) is 5.32 Å². The molecule has 1 heterocycles. The Bertz CT molecular complexity index is 1230. The van der Waals surface area contributed by atoms with Gasteiger partial charge in [0.05, 0.1) is 23.2 Å². The molecule has 6 nitrogen and oxygen atoms in total. The van der Waals surface area contributed by atoms with Gasteiger partial charge in [-0.05, 0) is 55.8 Å². The van der Waals surface area contributed by atoms with Crippen LogP contribution in [0.4, 0.5) is 5.69 Å². The fourth-order valence-corrected chi connectivity index (χ4v) is 5.15. The van der Waals surface area contributed by atoms with Crippen molar-refractivity contribution in [1.29, 1.82) is 0 Å². The molecule has 1 N–H and O–H groups in total. The summed E-state index contributed by atoms with van der Waals surface area (Å²) in [5.41, 5.74) is 2.46. The summed E-state index contributed by atoms with van der Waals surface area (Å²) in [6, 6.07) is 20.3. The Labute approximate surface area is 192 Å². The number of nitrogens with one attached hydrogen (secondary N) is 1. The number of carbonyl (C=O) groups is 1. The molecular weight excluding hydrogens is 448 g/mol. The number of fused-ring (bicyclic) bond motifs is 1. The molecule has 0 unspecified atom stereocenters. The van der Waals surface area contributed by atoms with Crippen LogP contribution in [0.5, 0.6) is 5.75 Å². The Balaban J connectivity index is 1.61. The predicted molar refractivity (Wildman–Crippen MR) is 125 cm³/mol. The molecule has 4 rings (SSSR count). The molecule has 0 saturated carbocycles. The van der Waals surface area contributed by atoms with Crippen molar-refractivity contribution in [2.45, 2.75) is 30.9 Å². The lowest BCUT2D eigenvalue weighted by Crippen LogP contribution is -2.51. The molecule has 0 saturated heterocycles. The molecule has 32 heavy (non-hydrogen) atoms. The number of ether oxygens (including phenoxy) is 1. The third kappa shape index (κ3) is 4.45. The van der Waals surface area contributed by atoms with E-state index in [1.807, 2.05) is 38.1 Å². The second-order valence-corrected chi connectivity index (χ2v) is 10.0. The van der Waals surface area contributed by atoms with Crippen LogP contribution in [-0.2, 0) is 14.8 Å². The van der Waals surface area contributed by atoms with Gasteiger partial charge in [0.15, 0.2) is 6.10 Å². The van der Waals surface area contributed by atoms with E-state index in [9.17, 15) is 13.2 Å². The van der Waals surface area contributed by atoms with Gasteiger partial charge in [0.2, 0.25) is 0 Å². The quantitative estimate of drug-likeness (QED) is 0.596. The number of aryl methyl sites for hydroxylation is 1. The van der Waals surface area contributed by atoms with Gasteiger partial charge < -0.3 is 10.1 Å². The van der Waals surface area contributed by atoms with Crippen LogP contribution in [0.1, 0.15) is 24.1 Å². The number of anilines is 1. The molecule has 2 atom stereocenters. The maximum Gasteiger partial charge on any atom is 0.264 e. The first-order valence-corrected chi connectivity index (χ1v) is 12.0. The summed E-state index contributed by atoms with van der Waals surface area (Å²) in [5.74, 6) is -0.0525. The van der Waals surface area contributed by atoms with Gasteiger partial charge in [-0.3, -0.25) is 9.10 Å². The zero-order valence-electron chi connectivity index (χ0n) is 17.7. The molecule has 1 aliphatic heterocycles. The van der Waals surface area contributed by atoms with E-state index in [1.165, 1.54) is 28.6 Å². The molecule has 0 aromatic heterocycles. The lowest BCUT2D eigenvalue weighted by atomic mass is 10.1. The maximum absolute atomic E-state index is 13.4. The Morgan fingerprint density at radius 1 is 1.06 bits per heavy atom. The van der Waals surface area contributed by atoms with E-state index < -0.39 is 16.1 Å². The van der Waals surface area contributed by atoms with Gasteiger partial charge in [-0.1, -0.05) is 53.6 Å². The average molecular weight is 471 g/mol. The van der Waals surface area contributed by atoms with Crippen LogP contribution in [0.3, 0.4) is 0 Å². The van der Waals surface area contributed by atoms with Crippen LogP contribution in [0.2, 0.25) is 5.02 Å². The molecule has 0 spiro atoms. The first kappa shape index (κ1) is 22.2. The van der Waals surface area contributed by atoms with Crippen molar-refractivity contribution in [3.05, 3.63) is 88.9 Å². The van der Waals surface area contributed by atoms with Gasteiger partial charge in [0.25, 0.3) is 15.9 Å². The zero-order chi connectivity index (χ0) is 22.9. The predicted octanol–water partition coefficient (Wildman–Crippen LogP) is 4.48. The standard InChI is InChI=1S/C24H23ClN2O4S/c1-16-7-9-18(10-8-16)17(2)26-24(28)23-15-27(21-5-3-4-6-22(21)31-23)32(29,30)20-13-11-19(25)12-14-20/h3-14,17,23H,15H2,1-2H3,(H,26,28)/t17-,23-/m1/s1. The van der Waals surface area contributed by atoms with E-state index in [2.05, 4.69) is 5.32 Å². The number of sulfonamides is 1. The van der Waals surface area contributed by atoms with E-state index >= 15 is 0 Å². The number of hydrogen-bond acceptors (Lipinski definition) is 4. The molecule has 1 amide bonds. The Morgan fingerprint density at radius 2 is 1.72 bits per heavy atom. The third-order valence-corrected chi connectivity index (χ3v) is 7.41. The average Bonchev–Trinajstić information content (AvgIpc) is 2.79. The van der Waals surface area contributed by atoms with Crippen LogP contribution in [0.15, 0.2) is 77.7 Å². The van der Waals surface area contributed by atoms with E-state index in [-0.39, 0.29) is 23.4 Å². The molecular formula is C24H23ClN2O4S. The van der Waals surface area contributed by atoms with Gasteiger partial charge in [-0.25, -0.2) is 8.42 Å². The number of amides is 1. The van der Waals surface area contributed by atoms with Gasteiger partial charge in [0.1, 0.15) is 5.75 Å². The summed E-state index contributed by atoms with van der Waals surface area (Å²) >= 11 is 5.92. The minimum absolute atomic E-state index is 0.0887. The SMILES string of the molecule is Cc1ccc([C@@H](C)NC(=O)[C@H]2CN(S(=O)(=O)c3ccc(Cl)cc3)c3ccccc3O2)cc1. The monoisotopic (exact) mass is 470 g/mol. The van der Waals surface area contributed by atoms with E-state index in [0.717, 1.165) is 11.1 Å². The lowest BCUT2D eigenvalue weighted by molar-refractivity contribution is -0.128. The number of para-hydroxylation sites is 2. The highest BCUT2D eigenvalue weighted by molar-refractivity contribution is 7.92. The van der Waals surface area contributed by atoms with Crippen molar-refractivity contribution >= 4 is 33.2 Å². The molecule has 1 aliphatic rings. The largest absolute Gasteiger partial charge is 0.476 e. The Kier molecular flexibility index (Phi) is 6.13. The van der Waals surface area contributed by atoms with Crippen molar-refractivity contribution < 1.29 is 17.9 Å². The van der Waals surface area contributed by atoms with Crippen LogP contribution in [0.25, 0.3) is 0 Å². The summed E-state index contributed by atoms with van der Waals surface area (Å²) in [6.07, 6.45) is -1.00. The minimum Gasteiger partial charge on any atom is -0.476 e. The van der Waals surface area contributed by atoms with E-state index in [4.69, 9.17) is 16.3 Å². The highest BCUT2D eigenvalue weighted by Gasteiger charge is 2.37. The van der Waals surface area contributed by atoms with Crippen molar-refractivity contribution in [2.24, 2.45) is 0 Å². The fourth-order valence-electron chi connectivity index (χ4n) is 3.54. The Morgan fingerprint density at radius 3 is 2.41 bits per heavy atom. The highest BCUT2D eigenvalue weighted by Crippen LogP contribution is 2.37.